The van der Waals surface area contributed by atoms with Crippen LogP contribution in [0.1, 0.15) is 12.0 Å². The van der Waals surface area contributed by atoms with E-state index in [1.165, 1.54) is 11.4 Å². The van der Waals surface area contributed by atoms with Crippen molar-refractivity contribution in [2.75, 3.05) is 40.5 Å². The summed E-state index contributed by atoms with van der Waals surface area (Å²) in [5.41, 5.74) is 0.0351. The van der Waals surface area contributed by atoms with Crippen LogP contribution in [0, 0.1) is 0 Å². The fourth-order valence-electron chi connectivity index (χ4n) is 4.43. The molecule has 1 spiro atoms. The molecular formula is C18H24N2O6S. The summed E-state index contributed by atoms with van der Waals surface area (Å²) < 4.78 is 44.0. The van der Waals surface area contributed by atoms with E-state index in [0.29, 0.717) is 13.0 Å². The van der Waals surface area contributed by atoms with E-state index < -0.39 is 20.9 Å². The van der Waals surface area contributed by atoms with Crippen molar-refractivity contribution in [3.8, 4) is 5.75 Å². The molecule has 3 heterocycles. The molecule has 0 aliphatic carbocycles. The van der Waals surface area contributed by atoms with E-state index in [1.54, 1.807) is 12.0 Å². The minimum Gasteiger partial charge on any atom is -0.497 e. The van der Waals surface area contributed by atoms with E-state index in [2.05, 4.69) is 0 Å². The first-order valence-corrected chi connectivity index (χ1v) is 10.4. The predicted molar refractivity (Wildman–Crippen MR) is 96.8 cm³/mol. The first-order valence-electron chi connectivity index (χ1n) is 8.94. The van der Waals surface area contributed by atoms with Crippen molar-refractivity contribution >= 4 is 15.9 Å². The van der Waals surface area contributed by atoms with Crippen molar-refractivity contribution in [3.63, 3.8) is 0 Å². The van der Waals surface area contributed by atoms with Gasteiger partial charge >= 0.3 is 0 Å². The highest BCUT2D eigenvalue weighted by Crippen LogP contribution is 2.47. The average molecular weight is 396 g/mol. The molecule has 0 N–H and O–H groups in total. The van der Waals surface area contributed by atoms with Crippen LogP contribution >= 0.6 is 0 Å². The normalized spacial score (nSPS) is 31.7. The Bertz CT molecular complexity index is 827. The molecule has 3 atom stereocenters. The molecule has 3 aliphatic heterocycles. The van der Waals surface area contributed by atoms with Crippen molar-refractivity contribution in [2.24, 2.45) is 0 Å². The van der Waals surface area contributed by atoms with Gasteiger partial charge in [-0.2, -0.15) is 4.31 Å². The van der Waals surface area contributed by atoms with Crippen LogP contribution in [0.25, 0.3) is 0 Å². The summed E-state index contributed by atoms with van der Waals surface area (Å²) in [7, 11) is -0.428. The molecule has 148 valence electrons. The molecule has 0 radical (unpaired) electrons. The van der Waals surface area contributed by atoms with E-state index in [1.807, 2.05) is 24.3 Å². The summed E-state index contributed by atoms with van der Waals surface area (Å²) in [5, 5.41) is -0.603. The molecule has 27 heavy (non-hydrogen) atoms. The second kappa shape index (κ2) is 6.73. The maximum absolute atomic E-state index is 13.1. The lowest BCUT2D eigenvalue weighted by Crippen LogP contribution is -2.57. The van der Waals surface area contributed by atoms with E-state index in [-0.39, 0.29) is 38.3 Å². The number of benzene rings is 1. The number of hydrogen-bond acceptors (Lipinski definition) is 6. The molecule has 0 unspecified atom stereocenters. The highest BCUT2D eigenvalue weighted by atomic mass is 32.2. The van der Waals surface area contributed by atoms with Gasteiger partial charge in [0.2, 0.25) is 15.9 Å². The molecule has 3 saturated heterocycles. The third-order valence-corrected chi connectivity index (χ3v) is 7.97. The zero-order valence-corrected chi connectivity index (χ0v) is 16.3. The topological polar surface area (TPSA) is 85.4 Å². The Morgan fingerprint density at radius 2 is 2.00 bits per heavy atom. The molecule has 0 aromatic heterocycles. The lowest BCUT2D eigenvalue weighted by molar-refractivity contribution is -0.154. The number of nitrogens with zero attached hydrogens (tertiary/aromatic N) is 2. The van der Waals surface area contributed by atoms with Gasteiger partial charge in [-0.1, -0.05) is 12.1 Å². The van der Waals surface area contributed by atoms with Gasteiger partial charge in [-0.3, -0.25) is 4.79 Å². The van der Waals surface area contributed by atoms with Crippen molar-refractivity contribution < 1.29 is 27.4 Å². The molecule has 1 aromatic carbocycles. The average Bonchev–Trinajstić information content (AvgIpc) is 3.01. The Kier molecular flexibility index (Phi) is 4.66. The van der Waals surface area contributed by atoms with Crippen molar-refractivity contribution in [1.82, 2.24) is 9.21 Å². The monoisotopic (exact) mass is 396 g/mol. The van der Waals surface area contributed by atoms with E-state index in [0.717, 1.165) is 11.3 Å². The molecule has 3 aliphatic rings. The number of hydrogen-bond donors (Lipinski definition) is 0. The number of morpholine rings is 1. The first-order chi connectivity index (χ1) is 12.9. The summed E-state index contributed by atoms with van der Waals surface area (Å²) in [6.45, 7) is 1.25. The standard InChI is InChI=1S/C18H24N2O6S/c1-24-10-17(21)19-9-15-7-16-18(11-19,26-15)12-20(27(16,22)23)8-13-3-5-14(25-2)6-4-13/h3-6,15-16H,7-12H2,1-2H3/t15-,16+,18+/m1/s1. The Hall–Kier alpha value is -1.68. The fraction of sp³-hybridized carbons (Fsp3) is 0.611. The molecule has 3 fully saturated rings. The predicted octanol–water partition coefficient (Wildman–Crippen LogP) is 0.226. The summed E-state index contributed by atoms with van der Waals surface area (Å²) in [6.07, 6.45) is 0.195. The minimum absolute atomic E-state index is 0.00419. The summed E-state index contributed by atoms with van der Waals surface area (Å²) in [6, 6.07) is 7.35. The molecular weight excluding hydrogens is 372 g/mol. The van der Waals surface area contributed by atoms with Crippen LogP contribution < -0.4 is 4.74 Å². The Morgan fingerprint density at radius 3 is 2.67 bits per heavy atom. The zero-order valence-electron chi connectivity index (χ0n) is 15.5. The maximum Gasteiger partial charge on any atom is 0.248 e. The summed E-state index contributed by atoms with van der Waals surface area (Å²) >= 11 is 0. The van der Waals surface area contributed by atoms with Crippen molar-refractivity contribution in [3.05, 3.63) is 29.8 Å². The van der Waals surface area contributed by atoms with Crippen LogP contribution in [0.4, 0.5) is 0 Å². The second-order valence-corrected chi connectivity index (χ2v) is 9.51. The SMILES string of the molecule is COCC(=O)N1C[C@H]2C[C@H]3[C@](C1)(CN(Cc1ccc(OC)cc1)S3(=O)=O)O2. The van der Waals surface area contributed by atoms with Gasteiger partial charge in [0, 0.05) is 26.7 Å². The van der Waals surface area contributed by atoms with Gasteiger partial charge in [0.05, 0.1) is 19.8 Å². The van der Waals surface area contributed by atoms with Crippen molar-refractivity contribution in [1.29, 1.82) is 0 Å². The quantitative estimate of drug-likeness (QED) is 0.708. The van der Waals surface area contributed by atoms with Gasteiger partial charge in [0.1, 0.15) is 23.2 Å². The molecule has 1 aromatic rings. The molecule has 8 nitrogen and oxygen atoms in total. The zero-order chi connectivity index (χ0) is 19.2. The Morgan fingerprint density at radius 1 is 1.26 bits per heavy atom. The van der Waals surface area contributed by atoms with Crippen LogP contribution in [0.15, 0.2) is 24.3 Å². The van der Waals surface area contributed by atoms with Gasteiger partial charge in [-0.25, -0.2) is 8.42 Å². The number of rotatable bonds is 5. The molecule has 2 bridgehead atoms. The van der Waals surface area contributed by atoms with Gasteiger partial charge < -0.3 is 19.1 Å². The Balaban J connectivity index is 1.55. The molecule has 4 rings (SSSR count). The summed E-state index contributed by atoms with van der Waals surface area (Å²) in [5.74, 6) is 0.598. The number of likely N-dealkylation sites (tertiary alicyclic amines) is 1. The lowest BCUT2D eigenvalue weighted by Gasteiger charge is -2.39. The van der Waals surface area contributed by atoms with Gasteiger partial charge in [-0.15, -0.1) is 0 Å². The van der Waals surface area contributed by atoms with Crippen LogP contribution in [0.2, 0.25) is 0 Å². The summed E-state index contributed by atoms with van der Waals surface area (Å²) in [4.78, 5) is 14.0. The number of methoxy groups -OCH3 is 2. The highest BCUT2D eigenvalue weighted by molar-refractivity contribution is 7.90. The molecule has 9 heteroatoms. The smallest absolute Gasteiger partial charge is 0.248 e. The Labute approximate surface area is 159 Å². The number of fused-ring (bicyclic) bond motifs is 1. The van der Waals surface area contributed by atoms with Gasteiger partial charge in [0.15, 0.2) is 0 Å². The number of carbonyl (C=O) groups excluding carboxylic acids is 1. The number of sulfonamides is 1. The minimum atomic E-state index is -3.50. The van der Waals surface area contributed by atoms with Crippen LogP contribution in [-0.4, -0.2) is 80.9 Å². The van der Waals surface area contributed by atoms with Crippen LogP contribution in [0.5, 0.6) is 5.75 Å². The fourth-order valence-corrected chi connectivity index (χ4v) is 6.72. The van der Waals surface area contributed by atoms with E-state index in [9.17, 15) is 13.2 Å². The largest absolute Gasteiger partial charge is 0.497 e. The lowest BCUT2D eigenvalue weighted by atomic mass is 9.99. The molecule has 1 amide bonds. The van der Waals surface area contributed by atoms with E-state index in [4.69, 9.17) is 14.2 Å². The number of carbonyl (C=O) groups is 1. The van der Waals surface area contributed by atoms with Crippen molar-refractivity contribution in [2.45, 2.75) is 29.9 Å². The van der Waals surface area contributed by atoms with Crippen LogP contribution in [0.3, 0.4) is 0 Å². The van der Waals surface area contributed by atoms with E-state index >= 15 is 0 Å². The highest BCUT2D eigenvalue weighted by Gasteiger charge is 2.65. The first kappa shape index (κ1) is 18.7. The third-order valence-electron chi connectivity index (χ3n) is 5.65. The van der Waals surface area contributed by atoms with Gasteiger partial charge in [-0.05, 0) is 24.1 Å². The number of amides is 1. The molecule has 0 saturated carbocycles. The maximum atomic E-state index is 13.1. The number of ether oxygens (including phenoxy) is 3. The second-order valence-electron chi connectivity index (χ2n) is 7.40. The van der Waals surface area contributed by atoms with Crippen LogP contribution in [-0.2, 0) is 30.8 Å². The third kappa shape index (κ3) is 3.12. The van der Waals surface area contributed by atoms with Gasteiger partial charge in [0.25, 0.3) is 0 Å².